The fourth-order valence-corrected chi connectivity index (χ4v) is 1.43. The molecule has 0 unspecified atom stereocenters. The molecule has 0 amide bonds. The minimum Gasteiger partial charge on any atom is -0.503 e. The van der Waals surface area contributed by atoms with Crippen molar-refractivity contribution in [2.24, 2.45) is 0 Å². The molecule has 1 heterocycles. The van der Waals surface area contributed by atoms with Crippen LogP contribution in [0.3, 0.4) is 0 Å². The zero-order chi connectivity index (χ0) is 7.30. The number of halogens is 2. The average molecular weight is 266 g/mol. The zero-order valence-electron chi connectivity index (χ0n) is 4.69. The number of phenols is 1. The second-order valence-electron chi connectivity index (χ2n) is 1.95. The number of fused-ring (bicyclic) bond motifs is 1. The van der Waals surface area contributed by atoms with Gasteiger partial charge in [0.25, 0.3) is 0 Å². The molecule has 1 N–H and O–H groups in total. The van der Waals surface area contributed by atoms with Crippen LogP contribution < -0.4 is 4.74 Å². The summed E-state index contributed by atoms with van der Waals surface area (Å²) in [4.78, 5) is 0. The second-order valence-corrected chi connectivity index (χ2v) is 3.60. The van der Waals surface area contributed by atoms with Gasteiger partial charge in [-0.1, -0.05) is 0 Å². The highest BCUT2D eigenvalue weighted by Crippen LogP contribution is 2.57. The summed E-state index contributed by atoms with van der Waals surface area (Å²) in [6, 6.07) is 1.80. The Balaban J connectivity index is 2.73. The second kappa shape index (κ2) is 1.89. The number of rotatable bonds is 0. The van der Waals surface area contributed by atoms with Crippen LogP contribution in [0.15, 0.2) is 15.0 Å². The van der Waals surface area contributed by atoms with Gasteiger partial charge < -0.3 is 9.84 Å². The molecule has 1 aromatic carbocycles. The van der Waals surface area contributed by atoms with E-state index in [0.717, 1.165) is 10.2 Å². The summed E-state index contributed by atoms with van der Waals surface area (Å²) < 4.78 is 6.37. The smallest absolute Gasteiger partial charge is 0.212 e. The molecule has 1 aliphatic heterocycles. The number of benzene rings is 1. The third-order valence-electron chi connectivity index (χ3n) is 1.28. The van der Waals surface area contributed by atoms with Crippen molar-refractivity contribution in [3.05, 3.63) is 15.0 Å². The monoisotopic (exact) mass is 264 g/mol. The van der Waals surface area contributed by atoms with Crippen LogP contribution in [-0.4, -0.2) is 5.11 Å². The number of ether oxygens (including phenoxy) is 1. The first kappa shape index (κ1) is 6.49. The molecular formula is C6H2Br2O2. The van der Waals surface area contributed by atoms with Gasteiger partial charge >= 0.3 is 0 Å². The Morgan fingerprint density at radius 1 is 1.40 bits per heavy atom. The van der Waals surface area contributed by atoms with Gasteiger partial charge in [-0.25, -0.2) is 0 Å². The van der Waals surface area contributed by atoms with E-state index in [1.54, 1.807) is 6.07 Å². The SMILES string of the molecule is Oc1c(Br)c(Br)cc2c1O2. The Bertz CT molecular complexity index is 306. The van der Waals surface area contributed by atoms with E-state index in [1.807, 2.05) is 0 Å². The maximum absolute atomic E-state index is 9.24. The lowest BCUT2D eigenvalue weighted by Gasteiger charge is -1.92. The maximum atomic E-state index is 9.24. The molecule has 2 nitrogen and oxygen atoms in total. The summed E-state index contributed by atoms with van der Waals surface area (Å²) >= 11 is 6.43. The molecular weight excluding hydrogens is 264 g/mol. The van der Waals surface area contributed by atoms with Crippen molar-refractivity contribution in [2.45, 2.75) is 0 Å². The Morgan fingerprint density at radius 2 is 2.10 bits per heavy atom. The molecule has 0 aliphatic carbocycles. The van der Waals surface area contributed by atoms with Crippen LogP contribution in [-0.2, 0) is 0 Å². The van der Waals surface area contributed by atoms with Crippen LogP contribution in [0.5, 0.6) is 17.2 Å². The van der Waals surface area contributed by atoms with Crippen LogP contribution in [0.2, 0.25) is 0 Å². The first-order valence-electron chi connectivity index (χ1n) is 2.59. The fraction of sp³-hybridized carbons (Fsp3) is 0. The van der Waals surface area contributed by atoms with Gasteiger partial charge in [0.1, 0.15) is 0 Å². The van der Waals surface area contributed by atoms with E-state index in [2.05, 4.69) is 31.9 Å². The molecule has 10 heavy (non-hydrogen) atoms. The van der Waals surface area contributed by atoms with Crippen LogP contribution in [0.1, 0.15) is 0 Å². The highest BCUT2D eigenvalue weighted by atomic mass is 79.9. The molecule has 0 atom stereocenters. The number of aromatic hydroxyl groups is 1. The van der Waals surface area contributed by atoms with E-state index in [4.69, 9.17) is 4.74 Å². The lowest BCUT2D eigenvalue weighted by molar-refractivity contribution is 0.460. The summed E-state index contributed by atoms with van der Waals surface area (Å²) in [5.74, 6) is 1.49. The largest absolute Gasteiger partial charge is 0.503 e. The predicted molar refractivity (Wildman–Crippen MR) is 43.6 cm³/mol. The summed E-state index contributed by atoms with van der Waals surface area (Å²) in [6.45, 7) is 0. The molecule has 52 valence electrons. The Morgan fingerprint density at radius 3 is 2.80 bits per heavy atom. The third-order valence-corrected chi connectivity index (χ3v) is 3.24. The van der Waals surface area contributed by atoms with Gasteiger partial charge in [0, 0.05) is 10.5 Å². The minimum absolute atomic E-state index is 0.171. The summed E-state index contributed by atoms with van der Waals surface area (Å²) in [7, 11) is 0. The summed E-state index contributed by atoms with van der Waals surface area (Å²) in [5, 5.41) is 9.24. The fourth-order valence-electron chi connectivity index (χ4n) is 0.736. The van der Waals surface area contributed by atoms with Crippen molar-refractivity contribution >= 4 is 31.9 Å². The lowest BCUT2D eigenvalue weighted by Crippen LogP contribution is -1.63. The van der Waals surface area contributed by atoms with E-state index in [9.17, 15) is 5.11 Å². The van der Waals surface area contributed by atoms with Crippen molar-refractivity contribution in [3.8, 4) is 17.2 Å². The zero-order valence-corrected chi connectivity index (χ0v) is 7.86. The normalized spacial score (nSPS) is 12.2. The quantitative estimate of drug-likeness (QED) is 0.743. The maximum Gasteiger partial charge on any atom is 0.212 e. The van der Waals surface area contributed by atoms with Crippen LogP contribution in [0.25, 0.3) is 0 Å². The molecule has 4 heteroatoms. The molecule has 0 fully saturated rings. The van der Waals surface area contributed by atoms with Crippen LogP contribution in [0.4, 0.5) is 0 Å². The predicted octanol–water partition coefficient (Wildman–Crippen LogP) is 3.02. The third kappa shape index (κ3) is 0.754. The minimum atomic E-state index is 0.171. The average Bonchev–Trinajstić information content (AvgIpc) is 2.62. The highest BCUT2D eigenvalue weighted by Gasteiger charge is 2.28. The van der Waals surface area contributed by atoms with Gasteiger partial charge in [-0.15, -0.1) is 0 Å². The van der Waals surface area contributed by atoms with Gasteiger partial charge in [0.2, 0.25) is 5.75 Å². The Labute approximate surface area is 74.1 Å². The first-order valence-corrected chi connectivity index (χ1v) is 4.17. The van der Waals surface area contributed by atoms with E-state index in [1.165, 1.54) is 0 Å². The van der Waals surface area contributed by atoms with E-state index >= 15 is 0 Å². The Hall–Kier alpha value is -0.220. The molecule has 1 aromatic rings. The van der Waals surface area contributed by atoms with Gasteiger partial charge in [0.05, 0.1) is 4.47 Å². The van der Waals surface area contributed by atoms with E-state index < -0.39 is 0 Å². The molecule has 0 radical (unpaired) electrons. The summed E-state index contributed by atoms with van der Waals surface area (Å²) in [5.41, 5.74) is 0. The number of hydrogen-bond donors (Lipinski definition) is 1. The van der Waals surface area contributed by atoms with Crippen LogP contribution in [0, 0.1) is 0 Å². The number of phenolic OH excluding ortho intramolecular Hbond substituents is 1. The first-order chi connectivity index (χ1) is 4.70. The standard InChI is InChI=1S/C6H2Br2O2/c7-2-1-3-6(10-3)5(9)4(2)8/h1,9H. The molecule has 0 saturated heterocycles. The van der Waals surface area contributed by atoms with Crippen LogP contribution >= 0.6 is 31.9 Å². The van der Waals surface area contributed by atoms with Gasteiger partial charge in [-0.05, 0) is 31.9 Å². The van der Waals surface area contributed by atoms with E-state index in [-0.39, 0.29) is 5.75 Å². The highest BCUT2D eigenvalue weighted by molar-refractivity contribution is 9.13. The lowest BCUT2D eigenvalue weighted by atomic mass is 10.3. The van der Waals surface area contributed by atoms with Gasteiger partial charge in [-0.2, -0.15) is 0 Å². The van der Waals surface area contributed by atoms with Crippen molar-refractivity contribution in [3.63, 3.8) is 0 Å². The van der Waals surface area contributed by atoms with Crippen molar-refractivity contribution < 1.29 is 9.84 Å². The van der Waals surface area contributed by atoms with Gasteiger partial charge in [-0.3, -0.25) is 0 Å². The molecule has 0 spiro atoms. The summed E-state index contributed by atoms with van der Waals surface area (Å²) in [6.07, 6.45) is 0. The number of hydrogen-bond acceptors (Lipinski definition) is 2. The molecule has 0 aromatic heterocycles. The van der Waals surface area contributed by atoms with Crippen molar-refractivity contribution in [1.29, 1.82) is 0 Å². The van der Waals surface area contributed by atoms with Crippen molar-refractivity contribution in [2.75, 3.05) is 0 Å². The van der Waals surface area contributed by atoms with Crippen molar-refractivity contribution in [1.82, 2.24) is 0 Å². The molecule has 2 rings (SSSR count). The molecule has 0 saturated carbocycles. The molecule has 1 aliphatic rings. The van der Waals surface area contributed by atoms with Gasteiger partial charge in [0.15, 0.2) is 11.5 Å². The molecule has 0 bridgehead atoms. The topological polar surface area (TPSA) is 32.8 Å². The Kier molecular flexibility index (Phi) is 1.22. The van der Waals surface area contributed by atoms with E-state index in [0.29, 0.717) is 10.2 Å².